The van der Waals surface area contributed by atoms with Crippen LogP contribution in [0.3, 0.4) is 0 Å². The first kappa shape index (κ1) is 9.09. The van der Waals surface area contributed by atoms with Crippen LogP contribution < -0.4 is 0 Å². The smallest absolute Gasteiger partial charge is 0.205 e. The van der Waals surface area contributed by atoms with Crippen molar-refractivity contribution in [2.75, 3.05) is 0 Å². The lowest BCUT2D eigenvalue weighted by atomic mass is 10.2. The van der Waals surface area contributed by atoms with Gasteiger partial charge in [-0.25, -0.2) is 8.78 Å². The topological polar surface area (TPSA) is 0 Å². The predicted octanol–water partition coefficient (Wildman–Crippen LogP) is 4.60. The van der Waals surface area contributed by atoms with Crippen LogP contribution in [0.25, 0.3) is 10.1 Å². The molecule has 0 aliphatic rings. The van der Waals surface area contributed by atoms with Gasteiger partial charge >= 0.3 is 0 Å². The third-order valence-electron chi connectivity index (χ3n) is 1.82. The molecular formula is C9H5BrF2S. The van der Waals surface area contributed by atoms with E-state index < -0.39 is 6.43 Å². The van der Waals surface area contributed by atoms with Crippen molar-refractivity contribution in [2.24, 2.45) is 0 Å². The number of benzene rings is 1. The molecule has 4 heteroatoms. The van der Waals surface area contributed by atoms with Crippen LogP contribution in [-0.4, -0.2) is 0 Å². The van der Waals surface area contributed by atoms with Crippen molar-refractivity contribution in [3.05, 3.63) is 33.6 Å². The molecule has 0 nitrogen and oxygen atoms in total. The molecule has 0 aliphatic heterocycles. The fraction of sp³-hybridized carbons (Fsp3) is 0.111. The maximum absolute atomic E-state index is 12.5. The van der Waals surface area contributed by atoms with Crippen molar-refractivity contribution in [1.29, 1.82) is 0 Å². The maximum atomic E-state index is 12.5. The number of hydrogen-bond acceptors (Lipinski definition) is 1. The number of halogens is 3. The molecular weight excluding hydrogens is 258 g/mol. The first-order chi connectivity index (χ1) is 6.20. The highest BCUT2D eigenvalue weighted by atomic mass is 79.9. The lowest BCUT2D eigenvalue weighted by Gasteiger charge is -1.96. The van der Waals surface area contributed by atoms with Gasteiger partial charge in [-0.3, -0.25) is 0 Å². The van der Waals surface area contributed by atoms with Gasteiger partial charge in [0.2, 0.25) is 0 Å². The van der Waals surface area contributed by atoms with E-state index in [4.69, 9.17) is 0 Å². The van der Waals surface area contributed by atoms with E-state index in [9.17, 15) is 8.78 Å². The monoisotopic (exact) mass is 262 g/mol. The fourth-order valence-corrected chi connectivity index (χ4v) is 2.83. The van der Waals surface area contributed by atoms with Crippen LogP contribution in [0.1, 0.15) is 12.0 Å². The first-order valence-electron chi connectivity index (χ1n) is 3.64. The van der Waals surface area contributed by atoms with Crippen molar-refractivity contribution >= 4 is 37.4 Å². The summed E-state index contributed by atoms with van der Waals surface area (Å²) >= 11 is 4.67. The van der Waals surface area contributed by atoms with E-state index in [2.05, 4.69) is 15.9 Å². The van der Waals surface area contributed by atoms with Crippen molar-refractivity contribution in [3.8, 4) is 0 Å². The molecule has 0 bridgehead atoms. The maximum Gasteiger partial charge on any atom is 0.265 e. The lowest BCUT2D eigenvalue weighted by Crippen LogP contribution is -1.79. The number of rotatable bonds is 1. The minimum absolute atomic E-state index is 0.126. The molecule has 68 valence electrons. The zero-order valence-corrected chi connectivity index (χ0v) is 8.83. The second-order valence-electron chi connectivity index (χ2n) is 2.61. The summed E-state index contributed by atoms with van der Waals surface area (Å²) in [5, 5.41) is 2.16. The van der Waals surface area contributed by atoms with E-state index in [1.807, 2.05) is 6.07 Å². The summed E-state index contributed by atoms with van der Waals surface area (Å²) in [6.07, 6.45) is -2.39. The minimum atomic E-state index is -2.39. The predicted molar refractivity (Wildman–Crippen MR) is 54.5 cm³/mol. The van der Waals surface area contributed by atoms with Gasteiger partial charge in [-0.05, 0) is 22.0 Å². The lowest BCUT2D eigenvalue weighted by molar-refractivity contribution is 0.153. The molecule has 0 saturated heterocycles. The normalized spacial score (nSPS) is 11.4. The molecule has 2 rings (SSSR count). The molecule has 0 spiro atoms. The van der Waals surface area contributed by atoms with Crippen molar-refractivity contribution in [3.63, 3.8) is 0 Å². The zero-order valence-electron chi connectivity index (χ0n) is 6.43. The van der Waals surface area contributed by atoms with Gasteiger partial charge in [0.1, 0.15) is 0 Å². The first-order valence-corrected chi connectivity index (χ1v) is 5.31. The van der Waals surface area contributed by atoms with Crippen molar-refractivity contribution < 1.29 is 8.78 Å². The Morgan fingerprint density at radius 3 is 2.77 bits per heavy atom. The molecule has 1 aromatic heterocycles. The highest BCUT2D eigenvalue weighted by Crippen LogP contribution is 2.36. The van der Waals surface area contributed by atoms with Crippen molar-refractivity contribution in [1.82, 2.24) is 0 Å². The molecule has 0 fully saturated rings. The van der Waals surface area contributed by atoms with Crippen LogP contribution in [0.2, 0.25) is 0 Å². The van der Waals surface area contributed by atoms with Gasteiger partial charge in [-0.15, -0.1) is 11.3 Å². The molecule has 0 aliphatic carbocycles. The third-order valence-corrected chi connectivity index (χ3v) is 3.79. The second kappa shape index (κ2) is 3.35. The van der Waals surface area contributed by atoms with E-state index in [1.165, 1.54) is 16.7 Å². The summed E-state index contributed by atoms with van der Waals surface area (Å²) in [6, 6.07) is 5.34. The standard InChI is InChI=1S/C9H5BrF2S/c10-7-3-1-2-5-6(9(11)12)4-13-8(5)7/h1-4,9H. The van der Waals surface area contributed by atoms with E-state index in [0.29, 0.717) is 5.39 Å². The fourth-order valence-electron chi connectivity index (χ4n) is 1.21. The number of alkyl halides is 2. The molecule has 13 heavy (non-hydrogen) atoms. The van der Waals surface area contributed by atoms with Gasteiger partial charge in [0, 0.05) is 25.5 Å². The largest absolute Gasteiger partial charge is 0.265 e. The second-order valence-corrected chi connectivity index (χ2v) is 4.34. The average Bonchev–Trinajstić information content (AvgIpc) is 2.48. The van der Waals surface area contributed by atoms with Crippen LogP contribution in [0.15, 0.2) is 28.1 Å². The Bertz CT molecular complexity index is 436. The molecule has 1 aromatic carbocycles. The zero-order chi connectivity index (χ0) is 9.42. The average molecular weight is 263 g/mol. The third kappa shape index (κ3) is 1.48. The molecule has 0 amide bonds. The van der Waals surface area contributed by atoms with Crippen LogP contribution in [0.4, 0.5) is 8.78 Å². The van der Waals surface area contributed by atoms with Crippen molar-refractivity contribution in [2.45, 2.75) is 6.43 Å². The van der Waals surface area contributed by atoms with Gasteiger partial charge in [0.15, 0.2) is 0 Å². The molecule has 2 aromatic rings. The summed E-state index contributed by atoms with van der Waals surface area (Å²) in [4.78, 5) is 0. The Labute approximate surface area is 86.3 Å². The number of hydrogen-bond donors (Lipinski definition) is 0. The highest BCUT2D eigenvalue weighted by molar-refractivity contribution is 9.10. The Balaban J connectivity index is 2.75. The quantitative estimate of drug-likeness (QED) is 0.705. The van der Waals surface area contributed by atoms with Gasteiger partial charge in [-0.2, -0.15) is 0 Å². The van der Waals surface area contributed by atoms with Gasteiger partial charge in [0.05, 0.1) is 0 Å². The van der Waals surface area contributed by atoms with E-state index in [1.54, 1.807) is 12.1 Å². The summed E-state index contributed by atoms with van der Waals surface area (Å²) in [5.74, 6) is 0. The van der Waals surface area contributed by atoms with E-state index in [-0.39, 0.29) is 5.56 Å². The Morgan fingerprint density at radius 1 is 1.31 bits per heavy atom. The molecule has 0 N–H and O–H groups in total. The summed E-state index contributed by atoms with van der Waals surface area (Å²) in [6.45, 7) is 0. The Kier molecular flexibility index (Phi) is 2.34. The van der Waals surface area contributed by atoms with Gasteiger partial charge < -0.3 is 0 Å². The SMILES string of the molecule is FC(F)c1csc2c(Br)cccc12. The number of thiophene rings is 1. The van der Waals surface area contributed by atoms with Crippen LogP contribution in [0.5, 0.6) is 0 Å². The molecule has 1 heterocycles. The summed E-state index contributed by atoms with van der Waals surface area (Å²) < 4.78 is 26.7. The molecule has 0 saturated carbocycles. The minimum Gasteiger partial charge on any atom is -0.205 e. The highest BCUT2D eigenvalue weighted by Gasteiger charge is 2.13. The Morgan fingerprint density at radius 2 is 2.08 bits per heavy atom. The molecule has 0 radical (unpaired) electrons. The Hall–Kier alpha value is -0.480. The van der Waals surface area contributed by atoms with Crippen LogP contribution in [-0.2, 0) is 0 Å². The number of fused-ring (bicyclic) bond motifs is 1. The summed E-state index contributed by atoms with van der Waals surface area (Å²) in [5.41, 5.74) is 0.126. The van der Waals surface area contributed by atoms with Crippen LogP contribution >= 0.6 is 27.3 Å². The molecule has 0 unspecified atom stereocenters. The molecule has 0 atom stereocenters. The van der Waals surface area contributed by atoms with E-state index >= 15 is 0 Å². The van der Waals surface area contributed by atoms with E-state index in [0.717, 1.165) is 9.17 Å². The van der Waals surface area contributed by atoms with Gasteiger partial charge in [0.25, 0.3) is 6.43 Å². The van der Waals surface area contributed by atoms with Gasteiger partial charge in [-0.1, -0.05) is 12.1 Å². The van der Waals surface area contributed by atoms with Crippen LogP contribution in [0, 0.1) is 0 Å². The summed E-state index contributed by atoms with van der Waals surface area (Å²) in [7, 11) is 0.